The molecule has 1 aliphatic carbocycles. The summed E-state index contributed by atoms with van der Waals surface area (Å²) < 4.78 is 5.00. The molecule has 1 heterocycles. The van der Waals surface area contributed by atoms with Gasteiger partial charge in [-0.05, 0) is 61.3 Å². The van der Waals surface area contributed by atoms with Crippen LogP contribution in [0.5, 0.6) is 0 Å². The van der Waals surface area contributed by atoms with Crippen molar-refractivity contribution in [3.63, 3.8) is 0 Å². The standard InChI is InChI=1S/C21H20N2O3S2/c1-27-15-9-6-14(7-10-15)8-11-20(25)26-13-19(24)23-21-17(12-22)16-4-2-3-5-18(16)28-21/h6-11H,2-5,13H2,1H3,(H,23,24)/b11-8+. The van der Waals surface area contributed by atoms with Gasteiger partial charge >= 0.3 is 5.97 Å². The Morgan fingerprint density at radius 2 is 2.04 bits per heavy atom. The Kier molecular flexibility index (Phi) is 6.90. The van der Waals surface area contributed by atoms with Crippen molar-refractivity contribution in [1.82, 2.24) is 0 Å². The van der Waals surface area contributed by atoms with Crippen LogP contribution in [0.4, 0.5) is 5.00 Å². The van der Waals surface area contributed by atoms with Gasteiger partial charge in [-0.2, -0.15) is 5.26 Å². The molecule has 1 amide bonds. The minimum Gasteiger partial charge on any atom is -0.452 e. The highest BCUT2D eigenvalue weighted by atomic mass is 32.2. The lowest BCUT2D eigenvalue weighted by atomic mass is 9.96. The van der Waals surface area contributed by atoms with Crippen molar-refractivity contribution >= 4 is 46.1 Å². The number of thioether (sulfide) groups is 1. The normalized spacial score (nSPS) is 13.0. The van der Waals surface area contributed by atoms with Crippen molar-refractivity contribution < 1.29 is 14.3 Å². The number of carbonyl (C=O) groups excluding carboxylic acids is 2. The third-order valence-corrected chi connectivity index (χ3v) is 6.36. The number of hydrogen-bond acceptors (Lipinski definition) is 6. The Bertz CT molecular complexity index is 940. The zero-order valence-electron chi connectivity index (χ0n) is 15.5. The number of nitrogens with zero attached hydrogens (tertiary/aromatic N) is 1. The van der Waals surface area contributed by atoms with Gasteiger partial charge in [0, 0.05) is 15.8 Å². The average molecular weight is 413 g/mol. The van der Waals surface area contributed by atoms with Crippen molar-refractivity contribution in [2.45, 2.75) is 30.6 Å². The zero-order chi connectivity index (χ0) is 19.9. The Labute approximate surface area is 172 Å². The number of fused-ring (bicyclic) bond motifs is 1. The molecule has 1 N–H and O–H groups in total. The minimum atomic E-state index is -0.588. The van der Waals surface area contributed by atoms with Crippen molar-refractivity contribution in [2.24, 2.45) is 0 Å². The van der Waals surface area contributed by atoms with E-state index in [1.54, 1.807) is 17.8 Å². The lowest BCUT2D eigenvalue weighted by molar-refractivity contribution is -0.142. The highest BCUT2D eigenvalue weighted by Gasteiger charge is 2.21. The van der Waals surface area contributed by atoms with E-state index in [0.717, 1.165) is 41.7 Å². The zero-order valence-corrected chi connectivity index (χ0v) is 17.1. The van der Waals surface area contributed by atoms with E-state index >= 15 is 0 Å². The highest BCUT2D eigenvalue weighted by Crippen LogP contribution is 2.37. The number of carbonyl (C=O) groups is 2. The number of benzene rings is 1. The molecule has 3 rings (SSSR count). The second kappa shape index (κ2) is 9.58. The summed E-state index contributed by atoms with van der Waals surface area (Å²) in [5.74, 6) is -1.03. The lowest BCUT2D eigenvalue weighted by Gasteiger charge is -2.09. The van der Waals surface area contributed by atoms with Gasteiger partial charge in [0.2, 0.25) is 0 Å². The molecule has 1 aliphatic rings. The molecule has 28 heavy (non-hydrogen) atoms. The maximum atomic E-state index is 12.1. The van der Waals surface area contributed by atoms with E-state index in [4.69, 9.17) is 4.74 Å². The topological polar surface area (TPSA) is 79.2 Å². The van der Waals surface area contributed by atoms with Gasteiger partial charge in [-0.15, -0.1) is 23.1 Å². The summed E-state index contributed by atoms with van der Waals surface area (Å²) in [7, 11) is 0. The number of nitriles is 1. The fourth-order valence-corrected chi connectivity index (χ4v) is 4.66. The average Bonchev–Trinajstić information content (AvgIpc) is 3.07. The molecule has 7 heteroatoms. The van der Waals surface area contributed by atoms with Crippen LogP contribution in [0.25, 0.3) is 6.08 Å². The fourth-order valence-electron chi connectivity index (χ4n) is 3.00. The Balaban J connectivity index is 1.53. The molecule has 0 radical (unpaired) electrons. The summed E-state index contributed by atoms with van der Waals surface area (Å²) in [5.41, 5.74) is 2.48. The molecule has 0 fully saturated rings. The number of thiophene rings is 1. The maximum absolute atomic E-state index is 12.1. The van der Waals surface area contributed by atoms with Crippen molar-refractivity contribution in [2.75, 3.05) is 18.2 Å². The quantitative estimate of drug-likeness (QED) is 0.432. The first kappa shape index (κ1) is 20.2. The molecule has 1 aromatic carbocycles. The summed E-state index contributed by atoms with van der Waals surface area (Å²) in [5, 5.41) is 12.7. The molecule has 1 aromatic heterocycles. The van der Waals surface area contributed by atoms with E-state index in [-0.39, 0.29) is 6.61 Å². The number of nitrogens with one attached hydrogen (secondary N) is 1. The van der Waals surface area contributed by atoms with Crippen LogP contribution in [0.3, 0.4) is 0 Å². The summed E-state index contributed by atoms with van der Waals surface area (Å²) in [6.45, 7) is -0.387. The lowest BCUT2D eigenvalue weighted by Crippen LogP contribution is -2.20. The Morgan fingerprint density at radius 3 is 2.75 bits per heavy atom. The number of esters is 1. The minimum absolute atomic E-state index is 0.387. The Morgan fingerprint density at radius 1 is 1.29 bits per heavy atom. The second-order valence-electron chi connectivity index (χ2n) is 6.29. The van der Waals surface area contributed by atoms with Crippen LogP contribution < -0.4 is 5.32 Å². The molecule has 0 saturated carbocycles. The molecule has 0 unspecified atom stereocenters. The number of amides is 1. The maximum Gasteiger partial charge on any atom is 0.331 e. The van der Waals surface area contributed by atoms with Gasteiger partial charge in [-0.25, -0.2) is 4.79 Å². The number of rotatable bonds is 6. The number of anilines is 1. The van der Waals surface area contributed by atoms with Crippen LogP contribution >= 0.6 is 23.1 Å². The van der Waals surface area contributed by atoms with Gasteiger partial charge in [0.1, 0.15) is 11.1 Å². The van der Waals surface area contributed by atoms with E-state index in [2.05, 4.69) is 11.4 Å². The third kappa shape index (κ3) is 5.03. The van der Waals surface area contributed by atoms with Crippen LogP contribution in [-0.2, 0) is 27.2 Å². The summed E-state index contributed by atoms with van der Waals surface area (Å²) >= 11 is 3.09. The van der Waals surface area contributed by atoms with Gasteiger partial charge < -0.3 is 10.1 Å². The van der Waals surface area contributed by atoms with E-state index in [1.165, 1.54) is 22.3 Å². The third-order valence-electron chi connectivity index (χ3n) is 4.41. The molecular formula is C21H20N2O3S2. The van der Waals surface area contributed by atoms with Crippen LogP contribution in [0.1, 0.15) is 34.4 Å². The van der Waals surface area contributed by atoms with Gasteiger partial charge in [0.15, 0.2) is 6.61 Å². The Hall–Kier alpha value is -2.56. The first-order chi connectivity index (χ1) is 13.6. The van der Waals surface area contributed by atoms with E-state index < -0.39 is 11.9 Å². The van der Waals surface area contributed by atoms with Gasteiger partial charge in [0.05, 0.1) is 5.56 Å². The van der Waals surface area contributed by atoms with E-state index in [9.17, 15) is 14.9 Å². The van der Waals surface area contributed by atoms with Crippen LogP contribution in [-0.4, -0.2) is 24.7 Å². The summed E-state index contributed by atoms with van der Waals surface area (Å²) in [4.78, 5) is 26.3. The SMILES string of the molecule is CSc1ccc(/C=C/C(=O)OCC(=O)Nc2sc3c(c2C#N)CCCC3)cc1. The van der Waals surface area contributed by atoms with Gasteiger partial charge in [-0.3, -0.25) is 4.79 Å². The van der Waals surface area contributed by atoms with Crippen molar-refractivity contribution in [1.29, 1.82) is 5.26 Å². The largest absolute Gasteiger partial charge is 0.452 e. The van der Waals surface area contributed by atoms with Crippen LogP contribution in [0, 0.1) is 11.3 Å². The predicted molar refractivity (Wildman–Crippen MR) is 113 cm³/mol. The van der Waals surface area contributed by atoms with E-state index in [1.807, 2.05) is 30.5 Å². The molecule has 144 valence electrons. The fraction of sp³-hybridized carbons (Fsp3) is 0.286. The van der Waals surface area contributed by atoms with Gasteiger partial charge in [-0.1, -0.05) is 12.1 Å². The molecule has 0 saturated heterocycles. The van der Waals surface area contributed by atoms with Crippen molar-refractivity contribution in [3.8, 4) is 6.07 Å². The number of hydrogen-bond donors (Lipinski definition) is 1. The van der Waals surface area contributed by atoms with Crippen LogP contribution in [0.15, 0.2) is 35.2 Å². The molecular weight excluding hydrogens is 392 g/mol. The first-order valence-electron chi connectivity index (χ1n) is 8.94. The number of ether oxygens (including phenoxy) is 1. The number of aryl methyl sites for hydroxylation is 1. The summed E-state index contributed by atoms with van der Waals surface area (Å²) in [6, 6.07) is 9.95. The molecule has 0 bridgehead atoms. The van der Waals surface area contributed by atoms with Gasteiger partial charge in [0.25, 0.3) is 5.91 Å². The first-order valence-corrected chi connectivity index (χ1v) is 11.0. The van der Waals surface area contributed by atoms with E-state index in [0.29, 0.717) is 10.6 Å². The molecule has 5 nitrogen and oxygen atoms in total. The molecule has 2 aromatic rings. The smallest absolute Gasteiger partial charge is 0.331 e. The molecule has 0 aliphatic heterocycles. The predicted octanol–water partition coefficient (Wildman–Crippen LogP) is 4.42. The monoisotopic (exact) mass is 412 g/mol. The second-order valence-corrected chi connectivity index (χ2v) is 8.27. The van der Waals surface area contributed by atoms with Crippen LogP contribution in [0.2, 0.25) is 0 Å². The van der Waals surface area contributed by atoms with Crippen molar-refractivity contribution in [3.05, 3.63) is 51.9 Å². The molecule has 0 spiro atoms. The molecule has 0 atom stereocenters. The highest BCUT2D eigenvalue weighted by molar-refractivity contribution is 7.98. The summed E-state index contributed by atoms with van der Waals surface area (Å²) in [6.07, 6.45) is 8.94.